The molecule has 0 saturated carbocycles. The Hall–Kier alpha value is -2.10. The SMILES string of the molecule is Cc1cc(C(=O)Nc2ccn(C)n2)sc1C#CCCO. The zero-order valence-corrected chi connectivity index (χ0v) is 12.1. The van der Waals surface area contributed by atoms with Gasteiger partial charge in [-0.1, -0.05) is 11.8 Å². The fraction of sp³-hybridized carbons (Fsp3) is 0.286. The Morgan fingerprint density at radius 3 is 3.05 bits per heavy atom. The number of aliphatic hydroxyl groups excluding tert-OH is 1. The Balaban J connectivity index is 2.11. The van der Waals surface area contributed by atoms with Gasteiger partial charge in [0.1, 0.15) is 0 Å². The molecule has 6 heteroatoms. The summed E-state index contributed by atoms with van der Waals surface area (Å²) in [7, 11) is 1.79. The summed E-state index contributed by atoms with van der Waals surface area (Å²) in [4.78, 5) is 13.5. The number of carbonyl (C=O) groups excluding carboxylic acids is 1. The van der Waals surface area contributed by atoms with Crippen LogP contribution in [0.4, 0.5) is 5.82 Å². The number of rotatable bonds is 3. The van der Waals surface area contributed by atoms with Gasteiger partial charge in [0.2, 0.25) is 0 Å². The molecule has 0 aliphatic heterocycles. The molecule has 0 fully saturated rings. The number of hydrogen-bond donors (Lipinski definition) is 2. The van der Waals surface area contributed by atoms with Crippen molar-refractivity contribution in [3.05, 3.63) is 33.6 Å². The van der Waals surface area contributed by atoms with E-state index in [-0.39, 0.29) is 12.5 Å². The minimum atomic E-state index is -0.188. The first-order chi connectivity index (χ1) is 9.60. The standard InChI is InChI=1S/C14H15N3O2S/c1-10-9-12(20-11(10)5-3-4-8-18)14(19)15-13-6-7-17(2)16-13/h6-7,9,18H,4,8H2,1-2H3,(H,15,16,19). The van der Waals surface area contributed by atoms with E-state index in [1.807, 2.05) is 13.0 Å². The second-order valence-electron chi connectivity index (χ2n) is 4.23. The van der Waals surface area contributed by atoms with Gasteiger partial charge < -0.3 is 10.4 Å². The largest absolute Gasteiger partial charge is 0.395 e. The zero-order valence-electron chi connectivity index (χ0n) is 11.3. The second-order valence-corrected chi connectivity index (χ2v) is 5.28. The van der Waals surface area contributed by atoms with Crippen molar-refractivity contribution in [3.8, 4) is 11.8 Å². The number of carbonyl (C=O) groups is 1. The minimum Gasteiger partial charge on any atom is -0.395 e. The van der Waals surface area contributed by atoms with Gasteiger partial charge in [-0.15, -0.1) is 11.3 Å². The summed E-state index contributed by atoms with van der Waals surface area (Å²) in [5.41, 5.74) is 0.964. The van der Waals surface area contributed by atoms with E-state index in [9.17, 15) is 4.79 Å². The lowest BCUT2D eigenvalue weighted by Crippen LogP contribution is -2.10. The lowest BCUT2D eigenvalue weighted by molar-refractivity contribution is 0.103. The summed E-state index contributed by atoms with van der Waals surface area (Å²) < 4.78 is 1.63. The first kappa shape index (κ1) is 14.3. The molecule has 0 aliphatic carbocycles. The fourth-order valence-corrected chi connectivity index (χ4v) is 2.52. The highest BCUT2D eigenvalue weighted by Crippen LogP contribution is 2.21. The third kappa shape index (κ3) is 3.47. The predicted octanol–water partition coefficient (Wildman–Crippen LogP) is 1.78. The number of thiophene rings is 1. The molecule has 0 saturated heterocycles. The number of amides is 1. The number of aromatic nitrogens is 2. The molecule has 0 atom stereocenters. The van der Waals surface area contributed by atoms with Gasteiger partial charge in [-0.25, -0.2) is 0 Å². The van der Waals surface area contributed by atoms with E-state index in [1.54, 1.807) is 24.0 Å². The smallest absolute Gasteiger partial charge is 0.266 e. The quantitative estimate of drug-likeness (QED) is 0.846. The number of nitrogens with one attached hydrogen (secondary N) is 1. The first-order valence-electron chi connectivity index (χ1n) is 6.11. The van der Waals surface area contributed by atoms with Crippen molar-refractivity contribution in [3.63, 3.8) is 0 Å². The number of hydrogen-bond acceptors (Lipinski definition) is 4. The monoisotopic (exact) mass is 289 g/mol. The molecule has 20 heavy (non-hydrogen) atoms. The Kier molecular flexibility index (Phi) is 4.56. The molecule has 2 aromatic rings. The first-order valence-corrected chi connectivity index (χ1v) is 6.93. The van der Waals surface area contributed by atoms with Crippen LogP contribution in [0.3, 0.4) is 0 Å². The van der Waals surface area contributed by atoms with E-state index in [0.717, 1.165) is 10.4 Å². The van der Waals surface area contributed by atoms with E-state index < -0.39 is 0 Å². The van der Waals surface area contributed by atoms with Gasteiger partial charge in [-0.2, -0.15) is 5.10 Å². The van der Waals surface area contributed by atoms with Crippen LogP contribution in [0.15, 0.2) is 18.3 Å². The van der Waals surface area contributed by atoms with Crippen LogP contribution < -0.4 is 5.32 Å². The van der Waals surface area contributed by atoms with Gasteiger partial charge in [0, 0.05) is 25.7 Å². The van der Waals surface area contributed by atoms with Gasteiger partial charge in [0.05, 0.1) is 16.4 Å². The average Bonchev–Trinajstić information content (AvgIpc) is 2.97. The zero-order chi connectivity index (χ0) is 14.5. The van der Waals surface area contributed by atoms with E-state index in [0.29, 0.717) is 17.1 Å². The summed E-state index contributed by atoms with van der Waals surface area (Å²) >= 11 is 1.34. The molecule has 0 radical (unpaired) electrons. The third-order valence-corrected chi connectivity index (χ3v) is 3.69. The van der Waals surface area contributed by atoms with E-state index >= 15 is 0 Å². The summed E-state index contributed by atoms with van der Waals surface area (Å²) in [5, 5.41) is 15.5. The minimum absolute atomic E-state index is 0.0461. The topological polar surface area (TPSA) is 67.2 Å². The fourth-order valence-electron chi connectivity index (χ4n) is 1.58. The molecule has 2 rings (SSSR count). The van der Waals surface area contributed by atoms with Crippen molar-refractivity contribution in [2.24, 2.45) is 7.05 Å². The van der Waals surface area contributed by atoms with Crippen LogP contribution in [0, 0.1) is 18.8 Å². The molecular formula is C14H15N3O2S. The molecule has 2 heterocycles. The Labute approximate surface area is 121 Å². The number of anilines is 1. The van der Waals surface area contributed by atoms with E-state index in [2.05, 4.69) is 22.3 Å². The van der Waals surface area contributed by atoms with Gasteiger partial charge >= 0.3 is 0 Å². The van der Waals surface area contributed by atoms with Crippen molar-refractivity contribution < 1.29 is 9.90 Å². The molecule has 0 spiro atoms. The summed E-state index contributed by atoms with van der Waals surface area (Å²) in [5.74, 6) is 6.16. The molecule has 5 nitrogen and oxygen atoms in total. The summed E-state index contributed by atoms with van der Waals surface area (Å²) in [6.45, 7) is 1.96. The molecule has 0 aromatic carbocycles. The van der Waals surface area contributed by atoms with E-state index in [1.165, 1.54) is 11.3 Å². The molecule has 2 aromatic heterocycles. The number of aryl methyl sites for hydroxylation is 2. The van der Waals surface area contributed by atoms with Gasteiger partial charge in [0.15, 0.2) is 5.82 Å². The Bertz CT molecular complexity index is 676. The van der Waals surface area contributed by atoms with Crippen molar-refractivity contribution in [2.45, 2.75) is 13.3 Å². The van der Waals surface area contributed by atoms with E-state index in [4.69, 9.17) is 5.11 Å². The molecule has 0 aliphatic rings. The van der Waals surface area contributed by atoms with Crippen molar-refractivity contribution in [1.29, 1.82) is 0 Å². The maximum atomic E-state index is 12.1. The number of aliphatic hydroxyl groups is 1. The predicted molar refractivity (Wildman–Crippen MR) is 78.8 cm³/mol. The van der Waals surface area contributed by atoms with Gasteiger partial charge in [-0.3, -0.25) is 9.48 Å². The maximum absolute atomic E-state index is 12.1. The highest BCUT2D eigenvalue weighted by atomic mass is 32.1. The van der Waals surface area contributed by atoms with Crippen molar-refractivity contribution in [1.82, 2.24) is 9.78 Å². The maximum Gasteiger partial charge on any atom is 0.266 e. The van der Waals surface area contributed by atoms with Crippen LogP contribution in [0.2, 0.25) is 0 Å². The van der Waals surface area contributed by atoms with Gasteiger partial charge in [0.25, 0.3) is 5.91 Å². The summed E-state index contributed by atoms with van der Waals surface area (Å²) in [6.07, 6.45) is 2.20. The molecule has 2 N–H and O–H groups in total. The third-order valence-electron chi connectivity index (χ3n) is 2.54. The normalized spacial score (nSPS) is 9.95. The average molecular weight is 289 g/mol. The van der Waals surface area contributed by atoms with Crippen LogP contribution in [0.5, 0.6) is 0 Å². The Morgan fingerprint density at radius 2 is 2.40 bits per heavy atom. The lowest BCUT2D eigenvalue weighted by atomic mass is 10.2. The Morgan fingerprint density at radius 1 is 1.60 bits per heavy atom. The highest BCUT2D eigenvalue weighted by Gasteiger charge is 2.12. The lowest BCUT2D eigenvalue weighted by Gasteiger charge is -1.97. The van der Waals surface area contributed by atoms with Crippen LogP contribution >= 0.6 is 11.3 Å². The molecule has 104 valence electrons. The molecule has 0 unspecified atom stereocenters. The van der Waals surface area contributed by atoms with Crippen LogP contribution in [0.1, 0.15) is 26.5 Å². The van der Waals surface area contributed by atoms with Crippen molar-refractivity contribution in [2.75, 3.05) is 11.9 Å². The number of nitrogens with zero attached hydrogens (tertiary/aromatic N) is 2. The van der Waals surface area contributed by atoms with Crippen LogP contribution in [0.25, 0.3) is 0 Å². The van der Waals surface area contributed by atoms with Gasteiger partial charge in [-0.05, 0) is 18.6 Å². The molecule has 0 bridgehead atoms. The van der Waals surface area contributed by atoms with Crippen LogP contribution in [-0.4, -0.2) is 27.4 Å². The molecular weight excluding hydrogens is 274 g/mol. The molecule has 1 amide bonds. The van der Waals surface area contributed by atoms with Crippen molar-refractivity contribution >= 4 is 23.1 Å². The second kappa shape index (κ2) is 6.37. The van der Waals surface area contributed by atoms with Crippen LogP contribution in [-0.2, 0) is 7.05 Å². The highest BCUT2D eigenvalue weighted by molar-refractivity contribution is 7.14. The summed E-state index contributed by atoms with van der Waals surface area (Å²) in [6, 6.07) is 3.55.